The van der Waals surface area contributed by atoms with Crippen molar-refractivity contribution in [2.75, 3.05) is 0 Å². The Kier molecular flexibility index (Phi) is 1.57. The highest BCUT2D eigenvalue weighted by molar-refractivity contribution is 5.82. The van der Waals surface area contributed by atoms with Gasteiger partial charge in [0.1, 0.15) is 17.0 Å². The zero-order valence-electron chi connectivity index (χ0n) is 8.86. The molecule has 0 spiro atoms. The first kappa shape index (κ1) is 10.4. The standard InChI is InChI=1S/C11H14F3NO/c12-9-1-8(7(15)16)2-10(13,4-9)6-11(14,3-8)5-9/h1-6H2,(H2,15,16). The second kappa shape index (κ2) is 2.41. The van der Waals surface area contributed by atoms with Crippen LogP contribution in [0.25, 0.3) is 0 Å². The second-order valence-electron chi connectivity index (χ2n) is 6.16. The molecule has 4 rings (SSSR count). The fourth-order valence-electron chi connectivity index (χ4n) is 4.53. The van der Waals surface area contributed by atoms with Crippen molar-refractivity contribution in [3.05, 3.63) is 0 Å². The van der Waals surface area contributed by atoms with Crippen LogP contribution in [-0.4, -0.2) is 22.9 Å². The maximum Gasteiger partial charge on any atom is 0.223 e. The van der Waals surface area contributed by atoms with Gasteiger partial charge < -0.3 is 5.73 Å². The van der Waals surface area contributed by atoms with Gasteiger partial charge in [0, 0.05) is 19.3 Å². The van der Waals surface area contributed by atoms with Gasteiger partial charge in [-0.3, -0.25) is 4.79 Å². The van der Waals surface area contributed by atoms with Gasteiger partial charge in [-0.15, -0.1) is 0 Å². The van der Waals surface area contributed by atoms with Gasteiger partial charge >= 0.3 is 0 Å². The van der Waals surface area contributed by atoms with Crippen LogP contribution in [-0.2, 0) is 4.79 Å². The Morgan fingerprint density at radius 2 is 1.12 bits per heavy atom. The number of rotatable bonds is 1. The van der Waals surface area contributed by atoms with Gasteiger partial charge in [0.2, 0.25) is 5.91 Å². The van der Waals surface area contributed by atoms with Crippen molar-refractivity contribution in [3.63, 3.8) is 0 Å². The highest BCUT2D eigenvalue weighted by atomic mass is 19.2. The molecule has 4 bridgehead atoms. The molecule has 0 aromatic carbocycles. The summed E-state index contributed by atoms with van der Waals surface area (Å²) in [6.07, 6.45) is -1.14. The summed E-state index contributed by atoms with van der Waals surface area (Å²) >= 11 is 0. The third-order valence-electron chi connectivity index (χ3n) is 4.39. The quantitative estimate of drug-likeness (QED) is 0.739. The molecule has 0 heterocycles. The van der Waals surface area contributed by atoms with Gasteiger partial charge in [-0.05, 0) is 19.3 Å². The van der Waals surface area contributed by atoms with Gasteiger partial charge in [-0.1, -0.05) is 0 Å². The van der Waals surface area contributed by atoms with E-state index in [0.717, 1.165) is 0 Å². The Hall–Kier alpha value is -0.740. The SMILES string of the molecule is NC(=O)C12CC3(F)CC(F)(CC(F)(C3)C1)C2. The molecule has 0 saturated heterocycles. The van der Waals surface area contributed by atoms with Crippen LogP contribution in [0.1, 0.15) is 38.5 Å². The molecule has 4 aliphatic rings. The summed E-state index contributed by atoms with van der Waals surface area (Å²) in [4.78, 5) is 11.4. The van der Waals surface area contributed by atoms with Crippen LogP contribution in [0.15, 0.2) is 0 Å². The minimum Gasteiger partial charge on any atom is -0.369 e. The van der Waals surface area contributed by atoms with Gasteiger partial charge in [0.15, 0.2) is 0 Å². The highest BCUT2D eigenvalue weighted by Gasteiger charge is 2.72. The molecule has 4 aliphatic carbocycles. The second-order valence-corrected chi connectivity index (χ2v) is 6.16. The van der Waals surface area contributed by atoms with E-state index in [2.05, 4.69) is 0 Å². The molecular formula is C11H14F3NO. The van der Waals surface area contributed by atoms with Crippen molar-refractivity contribution in [1.29, 1.82) is 0 Å². The van der Waals surface area contributed by atoms with Crippen LogP contribution in [0.4, 0.5) is 13.2 Å². The average molecular weight is 233 g/mol. The van der Waals surface area contributed by atoms with Crippen molar-refractivity contribution >= 4 is 5.91 Å². The minimum atomic E-state index is -1.88. The Bertz CT molecular complexity index is 330. The number of hydrogen-bond donors (Lipinski definition) is 1. The number of hydrogen-bond acceptors (Lipinski definition) is 1. The molecule has 0 aromatic rings. The monoisotopic (exact) mass is 233 g/mol. The van der Waals surface area contributed by atoms with Crippen molar-refractivity contribution in [2.24, 2.45) is 11.1 Å². The third kappa shape index (κ3) is 1.17. The van der Waals surface area contributed by atoms with E-state index in [0.29, 0.717) is 0 Å². The highest BCUT2D eigenvalue weighted by Crippen LogP contribution is 2.67. The third-order valence-corrected chi connectivity index (χ3v) is 4.39. The normalized spacial score (nSPS) is 58.9. The van der Waals surface area contributed by atoms with Crippen molar-refractivity contribution in [2.45, 2.75) is 55.5 Å². The fourth-order valence-corrected chi connectivity index (χ4v) is 4.53. The number of alkyl halides is 3. The Morgan fingerprint density at radius 1 is 0.812 bits per heavy atom. The Morgan fingerprint density at radius 3 is 1.38 bits per heavy atom. The average Bonchev–Trinajstić information content (AvgIpc) is 1.92. The van der Waals surface area contributed by atoms with E-state index in [1.807, 2.05) is 0 Å². The van der Waals surface area contributed by atoms with Gasteiger partial charge in [-0.2, -0.15) is 0 Å². The maximum absolute atomic E-state index is 14.3. The predicted octanol–water partition coefficient (Wildman–Crippen LogP) is 1.96. The van der Waals surface area contributed by atoms with Crippen molar-refractivity contribution < 1.29 is 18.0 Å². The topological polar surface area (TPSA) is 43.1 Å². The zero-order valence-corrected chi connectivity index (χ0v) is 8.86. The molecule has 0 atom stereocenters. The van der Waals surface area contributed by atoms with E-state index in [4.69, 9.17) is 5.73 Å². The summed E-state index contributed by atoms with van der Waals surface area (Å²) in [6, 6.07) is 0. The molecule has 90 valence electrons. The summed E-state index contributed by atoms with van der Waals surface area (Å²) in [7, 11) is 0. The van der Waals surface area contributed by atoms with Gasteiger partial charge in [0.05, 0.1) is 5.41 Å². The number of amides is 1. The number of primary amides is 1. The number of halogens is 3. The smallest absolute Gasteiger partial charge is 0.223 e. The molecule has 2 N–H and O–H groups in total. The Balaban J connectivity index is 2.11. The van der Waals surface area contributed by atoms with Crippen molar-refractivity contribution in [1.82, 2.24) is 0 Å². The van der Waals surface area contributed by atoms with Crippen LogP contribution in [0.2, 0.25) is 0 Å². The van der Waals surface area contributed by atoms with Crippen LogP contribution in [0.3, 0.4) is 0 Å². The van der Waals surface area contributed by atoms with E-state index in [-0.39, 0.29) is 38.5 Å². The molecular weight excluding hydrogens is 219 g/mol. The van der Waals surface area contributed by atoms with Gasteiger partial charge in [-0.25, -0.2) is 13.2 Å². The molecule has 0 unspecified atom stereocenters. The van der Waals surface area contributed by atoms with E-state index >= 15 is 0 Å². The fraction of sp³-hybridized carbons (Fsp3) is 0.909. The van der Waals surface area contributed by atoms with E-state index in [1.165, 1.54) is 0 Å². The molecule has 0 radical (unpaired) electrons. The minimum absolute atomic E-state index is 0.104. The number of carbonyl (C=O) groups excluding carboxylic acids is 1. The van der Waals surface area contributed by atoms with E-state index in [9.17, 15) is 18.0 Å². The molecule has 1 amide bonds. The molecule has 16 heavy (non-hydrogen) atoms. The lowest BCUT2D eigenvalue weighted by atomic mass is 9.46. The largest absolute Gasteiger partial charge is 0.369 e. The van der Waals surface area contributed by atoms with Crippen LogP contribution < -0.4 is 5.73 Å². The van der Waals surface area contributed by atoms with E-state index in [1.54, 1.807) is 0 Å². The molecule has 4 saturated carbocycles. The van der Waals surface area contributed by atoms with Gasteiger partial charge in [0.25, 0.3) is 0 Å². The number of carbonyl (C=O) groups is 1. The number of nitrogens with two attached hydrogens (primary N) is 1. The zero-order chi connectivity index (χ0) is 11.8. The van der Waals surface area contributed by atoms with Crippen LogP contribution in [0.5, 0.6) is 0 Å². The summed E-state index contributed by atoms with van der Waals surface area (Å²) in [6.45, 7) is 0. The lowest BCUT2D eigenvalue weighted by Gasteiger charge is -2.61. The van der Waals surface area contributed by atoms with Crippen LogP contribution >= 0.6 is 0 Å². The Labute approximate surface area is 91.4 Å². The molecule has 0 aromatic heterocycles. The molecule has 0 aliphatic heterocycles. The van der Waals surface area contributed by atoms with Crippen LogP contribution in [0, 0.1) is 5.41 Å². The molecule has 4 fully saturated rings. The first-order valence-electron chi connectivity index (χ1n) is 5.55. The predicted molar refractivity (Wildman–Crippen MR) is 50.8 cm³/mol. The first-order valence-corrected chi connectivity index (χ1v) is 5.55. The lowest BCUT2D eigenvalue weighted by Crippen LogP contribution is -2.68. The molecule has 5 heteroatoms. The summed E-state index contributed by atoms with van der Waals surface area (Å²) in [5.74, 6) is -0.752. The summed E-state index contributed by atoms with van der Waals surface area (Å²) < 4.78 is 42.9. The summed E-state index contributed by atoms with van der Waals surface area (Å²) in [5, 5.41) is 0. The van der Waals surface area contributed by atoms with Crippen molar-refractivity contribution in [3.8, 4) is 0 Å². The lowest BCUT2D eigenvalue weighted by molar-refractivity contribution is -0.215. The molecule has 2 nitrogen and oxygen atoms in total. The first-order chi connectivity index (χ1) is 7.19. The summed E-state index contributed by atoms with van der Waals surface area (Å²) in [5.41, 5.74) is -1.71. The van der Waals surface area contributed by atoms with E-state index < -0.39 is 28.3 Å². The maximum atomic E-state index is 14.3.